The third-order valence-corrected chi connectivity index (χ3v) is 8.49. The second kappa shape index (κ2) is 11.1. The number of rotatable bonds is 6. The minimum atomic E-state index is -0.991. The number of ketones is 1. The van der Waals surface area contributed by atoms with Crippen LogP contribution in [-0.4, -0.2) is 34.7 Å². The highest BCUT2D eigenvalue weighted by atomic mass is 79.9. The zero-order valence-electron chi connectivity index (χ0n) is 23.0. The zero-order chi connectivity index (χ0) is 29.5. The number of halogens is 1. The van der Waals surface area contributed by atoms with Gasteiger partial charge in [0.15, 0.2) is 6.10 Å². The van der Waals surface area contributed by atoms with Crippen LogP contribution in [0.2, 0.25) is 0 Å². The minimum absolute atomic E-state index is 0.00944. The summed E-state index contributed by atoms with van der Waals surface area (Å²) in [6.45, 7) is 3.52. The second-order valence-electron chi connectivity index (χ2n) is 10.7. The molecule has 0 spiro atoms. The van der Waals surface area contributed by atoms with Gasteiger partial charge in [0.05, 0.1) is 34.3 Å². The summed E-state index contributed by atoms with van der Waals surface area (Å²) in [4.78, 5) is 58.7. The molecule has 2 amide bonds. The first-order chi connectivity index (χ1) is 20.2. The molecule has 1 saturated heterocycles. The minimum Gasteiger partial charge on any atom is -0.451 e. The van der Waals surface area contributed by atoms with Crippen molar-refractivity contribution in [1.29, 1.82) is 0 Å². The van der Waals surface area contributed by atoms with Crippen molar-refractivity contribution < 1.29 is 23.9 Å². The SMILES string of the molecule is CC(OC(=O)c1cc(-c2ccc(N3C(=O)C4CC=CC(C)C4C3=O)cc2)nc2ccc(Br)cc12)C(=O)c1ccccc1. The van der Waals surface area contributed by atoms with Gasteiger partial charge in [-0.2, -0.15) is 0 Å². The van der Waals surface area contributed by atoms with Gasteiger partial charge >= 0.3 is 5.97 Å². The van der Waals surface area contributed by atoms with E-state index in [0.29, 0.717) is 39.8 Å². The molecule has 7 nitrogen and oxygen atoms in total. The first-order valence-corrected chi connectivity index (χ1v) is 14.6. The molecular formula is C34H27BrN2O5. The monoisotopic (exact) mass is 622 g/mol. The lowest BCUT2D eigenvalue weighted by Crippen LogP contribution is -2.31. The van der Waals surface area contributed by atoms with Crippen molar-refractivity contribution in [2.45, 2.75) is 26.4 Å². The van der Waals surface area contributed by atoms with Crippen LogP contribution in [0.15, 0.2) is 95.5 Å². The van der Waals surface area contributed by atoms with Crippen molar-refractivity contribution >= 4 is 56.1 Å². The number of ether oxygens (including phenoxy) is 1. The highest BCUT2D eigenvalue weighted by Gasteiger charge is 2.50. The number of nitrogens with zero attached hydrogens (tertiary/aromatic N) is 2. The van der Waals surface area contributed by atoms with Crippen LogP contribution >= 0.6 is 15.9 Å². The Kier molecular flexibility index (Phi) is 7.33. The molecule has 0 N–H and O–H groups in total. The molecule has 4 atom stereocenters. The normalized spacial score (nSPS) is 20.5. The maximum atomic E-state index is 13.4. The lowest BCUT2D eigenvalue weighted by Gasteiger charge is -2.22. The molecule has 2 heterocycles. The third-order valence-electron chi connectivity index (χ3n) is 8.00. The van der Waals surface area contributed by atoms with Crippen molar-refractivity contribution in [3.05, 3.63) is 107 Å². The van der Waals surface area contributed by atoms with Crippen LogP contribution in [0.1, 0.15) is 41.0 Å². The van der Waals surface area contributed by atoms with Gasteiger partial charge in [-0.15, -0.1) is 0 Å². The molecule has 1 aliphatic heterocycles. The largest absolute Gasteiger partial charge is 0.451 e. The number of esters is 1. The highest BCUT2D eigenvalue weighted by Crippen LogP contribution is 2.41. The molecule has 4 unspecified atom stereocenters. The summed E-state index contributed by atoms with van der Waals surface area (Å²) < 4.78 is 6.40. The van der Waals surface area contributed by atoms with Crippen LogP contribution in [0, 0.1) is 17.8 Å². The number of Topliss-reactive ketones (excluding diaryl/α,β-unsaturated/α-hetero) is 1. The summed E-state index contributed by atoms with van der Waals surface area (Å²) in [6, 6.07) is 22.8. The summed E-state index contributed by atoms with van der Waals surface area (Å²) in [5.41, 5.74) is 3.01. The lowest BCUT2D eigenvalue weighted by molar-refractivity contribution is -0.122. The number of hydrogen-bond acceptors (Lipinski definition) is 6. The smallest absolute Gasteiger partial charge is 0.339 e. The van der Waals surface area contributed by atoms with Gasteiger partial charge in [0.1, 0.15) is 0 Å². The number of imide groups is 1. The molecule has 210 valence electrons. The number of benzene rings is 3. The Morgan fingerprint density at radius 1 is 0.976 bits per heavy atom. The van der Waals surface area contributed by atoms with Gasteiger partial charge in [-0.25, -0.2) is 9.78 Å². The molecule has 6 rings (SSSR count). The van der Waals surface area contributed by atoms with E-state index in [4.69, 9.17) is 9.72 Å². The molecule has 0 bridgehead atoms. The van der Waals surface area contributed by atoms with Crippen LogP contribution in [0.3, 0.4) is 0 Å². The Balaban J connectivity index is 1.31. The van der Waals surface area contributed by atoms with Crippen molar-refractivity contribution in [2.75, 3.05) is 4.90 Å². The number of carbonyl (C=O) groups is 4. The van der Waals surface area contributed by atoms with Gasteiger partial charge in [-0.05, 0) is 55.7 Å². The van der Waals surface area contributed by atoms with E-state index in [-0.39, 0.29) is 40.9 Å². The lowest BCUT2D eigenvalue weighted by atomic mass is 9.78. The van der Waals surface area contributed by atoms with E-state index in [1.165, 1.54) is 4.90 Å². The van der Waals surface area contributed by atoms with E-state index >= 15 is 0 Å². The number of allylic oxidation sites excluding steroid dienone is 2. The number of amides is 2. The number of aromatic nitrogens is 1. The molecule has 0 saturated carbocycles. The van der Waals surface area contributed by atoms with Crippen molar-refractivity contribution in [2.24, 2.45) is 17.8 Å². The van der Waals surface area contributed by atoms with Gasteiger partial charge in [0.2, 0.25) is 17.6 Å². The van der Waals surface area contributed by atoms with E-state index in [9.17, 15) is 19.2 Å². The molecule has 1 aliphatic carbocycles. The van der Waals surface area contributed by atoms with E-state index in [1.807, 2.05) is 31.2 Å². The van der Waals surface area contributed by atoms with Gasteiger partial charge in [0, 0.05) is 21.0 Å². The molecule has 3 aromatic carbocycles. The van der Waals surface area contributed by atoms with Gasteiger partial charge in [-0.3, -0.25) is 19.3 Å². The number of hydrogen-bond donors (Lipinski definition) is 0. The number of fused-ring (bicyclic) bond motifs is 2. The standard InChI is InChI=1S/C34H27BrN2O5/c1-19-7-6-10-25-30(19)33(40)37(32(25)39)24-14-11-21(12-15-24)29-18-27(26-17-23(35)13-16-28(26)36-29)34(41)42-20(2)31(38)22-8-4-3-5-9-22/h3-9,11-20,25,30H,10H2,1-2H3. The molecule has 1 aromatic heterocycles. The predicted molar refractivity (Wildman–Crippen MR) is 163 cm³/mol. The first-order valence-electron chi connectivity index (χ1n) is 13.8. The first kappa shape index (κ1) is 27.7. The van der Waals surface area contributed by atoms with Crippen LogP contribution in [0.5, 0.6) is 0 Å². The number of pyridine rings is 1. The van der Waals surface area contributed by atoms with E-state index in [1.54, 1.807) is 73.7 Å². The Morgan fingerprint density at radius 3 is 2.43 bits per heavy atom. The van der Waals surface area contributed by atoms with Crippen molar-refractivity contribution in [3.8, 4) is 11.3 Å². The molecular weight excluding hydrogens is 596 g/mol. The topological polar surface area (TPSA) is 93.6 Å². The molecule has 2 aliphatic rings. The Morgan fingerprint density at radius 2 is 1.71 bits per heavy atom. The Bertz CT molecular complexity index is 1770. The molecule has 1 fully saturated rings. The van der Waals surface area contributed by atoms with E-state index < -0.39 is 12.1 Å². The summed E-state index contributed by atoms with van der Waals surface area (Å²) in [5.74, 6) is -1.95. The molecule has 4 aromatic rings. The summed E-state index contributed by atoms with van der Waals surface area (Å²) in [5, 5.41) is 0.577. The highest BCUT2D eigenvalue weighted by molar-refractivity contribution is 9.10. The van der Waals surface area contributed by atoms with Crippen LogP contribution < -0.4 is 4.90 Å². The van der Waals surface area contributed by atoms with Gasteiger partial charge in [-0.1, -0.05) is 77.5 Å². The maximum Gasteiger partial charge on any atom is 0.339 e. The van der Waals surface area contributed by atoms with E-state index in [2.05, 4.69) is 15.9 Å². The van der Waals surface area contributed by atoms with Gasteiger partial charge in [0.25, 0.3) is 0 Å². The van der Waals surface area contributed by atoms with Crippen LogP contribution in [0.25, 0.3) is 22.2 Å². The summed E-state index contributed by atoms with van der Waals surface area (Å²) in [6.07, 6.45) is 3.56. The fourth-order valence-corrected chi connectivity index (χ4v) is 6.17. The maximum absolute atomic E-state index is 13.4. The summed E-state index contributed by atoms with van der Waals surface area (Å²) in [7, 11) is 0. The predicted octanol–water partition coefficient (Wildman–Crippen LogP) is 6.79. The van der Waals surface area contributed by atoms with Crippen molar-refractivity contribution in [1.82, 2.24) is 4.98 Å². The van der Waals surface area contributed by atoms with E-state index in [0.717, 1.165) is 4.47 Å². The number of carbonyl (C=O) groups excluding carboxylic acids is 4. The molecule has 42 heavy (non-hydrogen) atoms. The second-order valence-corrected chi connectivity index (χ2v) is 11.6. The summed E-state index contributed by atoms with van der Waals surface area (Å²) >= 11 is 3.46. The van der Waals surface area contributed by atoms with Crippen molar-refractivity contribution in [3.63, 3.8) is 0 Å². The average molecular weight is 624 g/mol. The Labute approximate surface area is 251 Å². The fraction of sp³-hybridized carbons (Fsp3) is 0.206. The van der Waals surface area contributed by atoms with Gasteiger partial charge < -0.3 is 4.74 Å². The Hall–Kier alpha value is -4.43. The molecule has 8 heteroatoms. The third kappa shape index (κ3) is 4.96. The van der Waals surface area contributed by atoms with Crippen LogP contribution in [-0.2, 0) is 14.3 Å². The molecule has 0 radical (unpaired) electrons. The quantitative estimate of drug-likeness (QED) is 0.102. The average Bonchev–Trinajstić information content (AvgIpc) is 3.26. The fourth-order valence-electron chi connectivity index (χ4n) is 5.81. The number of anilines is 1. The zero-order valence-corrected chi connectivity index (χ0v) is 24.6. The van der Waals surface area contributed by atoms with Crippen LogP contribution in [0.4, 0.5) is 5.69 Å².